The van der Waals surface area contributed by atoms with Gasteiger partial charge in [-0.15, -0.1) is 0 Å². The van der Waals surface area contributed by atoms with Crippen molar-refractivity contribution in [1.82, 2.24) is 0 Å². The lowest BCUT2D eigenvalue weighted by Crippen LogP contribution is -2.58. The van der Waals surface area contributed by atoms with Gasteiger partial charge in [-0.3, -0.25) is 9.59 Å². The summed E-state index contributed by atoms with van der Waals surface area (Å²) in [6, 6.07) is 0. The predicted octanol–water partition coefficient (Wildman–Crippen LogP) is 2.89. The van der Waals surface area contributed by atoms with Crippen molar-refractivity contribution in [2.24, 2.45) is 22.1 Å². The maximum Gasteiger partial charge on any atom is 0.350 e. The highest BCUT2D eigenvalue weighted by atomic mass is 32.2. The van der Waals surface area contributed by atoms with Crippen molar-refractivity contribution in [3.63, 3.8) is 0 Å². The van der Waals surface area contributed by atoms with Gasteiger partial charge in [-0.25, -0.2) is 9.16 Å². The summed E-state index contributed by atoms with van der Waals surface area (Å²) in [6.45, 7) is 8.49. The Hall–Kier alpha value is -2.00. The van der Waals surface area contributed by atoms with Crippen LogP contribution < -0.4 is 0 Å². The Kier molecular flexibility index (Phi) is 8.37. The van der Waals surface area contributed by atoms with E-state index in [1.807, 2.05) is 25.3 Å². The second-order valence-electron chi connectivity index (χ2n) is 7.77. The van der Waals surface area contributed by atoms with E-state index in [4.69, 9.17) is 18.9 Å². The number of hydrogen-bond donors (Lipinski definition) is 0. The van der Waals surface area contributed by atoms with E-state index in [0.29, 0.717) is 6.42 Å². The highest BCUT2D eigenvalue weighted by molar-refractivity contribution is 7.92. The van der Waals surface area contributed by atoms with Gasteiger partial charge in [0.1, 0.15) is 12.7 Å². The summed E-state index contributed by atoms with van der Waals surface area (Å²) < 4.78 is 26.7. The first-order chi connectivity index (χ1) is 14.1. The zero-order valence-corrected chi connectivity index (χ0v) is 19.1. The first-order valence-corrected chi connectivity index (χ1v) is 11.2. The van der Waals surface area contributed by atoms with Crippen LogP contribution in [0.15, 0.2) is 28.1 Å². The monoisotopic (exact) mass is 441 g/mol. The number of hydrogen-bond acceptors (Lipinski definition) is 8. The van der Waals surface area contributed by atoms with Crippen LogP contribution in [0.4, 0.5) is 0 Å². The highest BCUT2D eigenvalue weighted by Gasteiger charge is 2.54. The van der Waals surface area contributed by atoms with Crippen LogP contribution in [0.5, 0.6) is 0 Å². The minimum absolute atomic E-state index is 0.0566. The van der Waals surface area contributed by atoms with Gasteiger partial charge in [-0.2, -0.15) is 0 Å². The molecule has 30 heavy (non-hydrogen) atoms. The van der Waals surface area contributed by atoms with E-state index in [1.165, 1.54) is 21.0 Å². The van der Waals surface area contributed by atoms with Gasteiger partial charge in [-0.1, -0.05) is 26.8 Å². The third-order valence-corrected chi connectivity index (χ3v) is 7.49. The molecule has 0 N–H and O–H groups in total. The van der Waals surface area contributed by atoms with Crippen molar-refractivity contribution >= 4 is 28.6 Å². The maximum absolute atomic E-state index is 13.0. The summed E-state index contributed by atoms with van der Waals surface area (Å²) in [7, 11) is 0.477. The molecule has 1 saturated heterocycles. The molecular formula is C21H31NO7S. The number of nitrogens with zero attached hydrogens (tertiary/aromatic N) is 1. The lowest BCUT2D eigenvalue weighted by Gasteiger charge is -2.48. The lowest BCUT2D eigenvalue weighted by atomic mass is 9.77. The third-order valence-electron chi connectivity index (χ3n) is 5.62. The van der Waals surface area contributed by atoms with Gasteiger partial charge in [0.05, 0.1) is 13.2 Å². The Morgan fingerprint density at radius 1 is 1.23 bits per heavy atom. The summed E-state index contributed by atoms with van der Waals surface area (Å²) in [5.74, 6) is -1.60. The Balaban J connectivity index is 2.41. The van der Waals surface area contributed by atoms with E-state index in [2.05, 4.69) is 11.3 Å². The summed E-state index contributed by atoms with van der Waals surface area (Å²) in [6.07, 6.45) is 4.58. The molecule has 0 spiro atoms. The summed E-state index contributed by atoms with van der Waals surface area (Å²) in [5.41, 5.74) is 0. The summed E-state index contributed by atoms with van der Waals surface area (Å²) in [5, 5.41) is 1.85. The summed E-state index contributed by atoms with van der Waals surface area (Å²) in [4.78, 5) is 34.7. The molecule has 0 aromatic heterocycles. The van der Waals surface area contributed by atoms with Crippen LogP contribution in [0.1, 0.15) is 41.0 Å². The van der Waals surface area contributed by atoms with Crippen molar-refractivity contribution in [2.45, 2.75) is 58.2 Å². The van der Waals surface area contributed by atoms with Crippen LogP contribution >= 0.6 is 0 Å². The fraction of sp³-hybridized carbons (Fsp3) is 0.667. The number of allylic oxidation sites excluding steroid dienone is 2. The number of carbonyl (C=O) groups excluding carboxylic acids is 3. The molecule has 8 nitrogen and oxygen atoms in total. The first kappa shape index (κ1) is 24.3. The van der Waals surface area contributed by atoms with Gasteiger partial charge in [-0.05, 0) is 34.0 Å². The summed E-state index contributed by atoms with van der Waals surface area (Å²) >= 11 is 0. The molecule has 0 bridgehead atoms. The average molecular weight is 442 g/mol. The van der Waals surface area contributed by atoms with Crippen molar-refractivity contribution in [3.05, 3.63) is 23.8 Å². The number of methoxy groups -OCH3 is 1. The Labute approximate surface area is 180 Å². The molecule has 2 rings (SSSR count). The van der Waals surface area contributed by atoms with E-state index in [0.717, 1.165) is 0 Å². The van der Waals surface area contributed by atoms with Crippen LogP contribution in [0.2, 0.25) is 0 Å². The van der Waals surface area contributed by atoms with Gasteiger partial charge in [0.2, 0.25) is 4.93 Å². The molecule has 2 aliphatic heterocycles. The minimum atomic E-state index is -1.26. The molecule has 1 fully saturated rings. The lowest BCUT2D eigenvalue weighted by molar-refractivity contribution is -0.197. The van der Waals surface area contributed by atoms with Crippen molar-refractivity contribution in [2.75, 3.05) is 13.7 Å². The molecule has 0 aliphatic carbocycles. The minimum Gasteiger partial charge on any atom is -0.466 e. The third kappa shape index (κ3) is 5.37. The molecule has 0 aromatic carbocycles. The SMILES string of the molecule is COC(=O)[C@@]1(S2=NC=CC=C2)C[C@@H](C)[C@@H](C)C([C@H](C)[C@@H](COC(C)=O)OC(C)=O)O1. The quantitative estimate of drug-likeness (QED) is 0.442. The van der Waals surface area contributed by atoms with Gasteiger partial charge < -0.3 is 18.9 Å². The molecule has 0 radical (unpaired) electrons. The van der Waals surface area contributed by atoms with Gasteiger partial charge in [0, 0.05) is 32.4 Å². The molecule has 7 atom stereocenters. The molecule has 0 saturated carbocycles. The van der Waals surface area contributed by atoms with Gasteiger partial charge >= 0.3 is 17.9 Å². The number of ether oxygens (including phenoxy) is 4. The number of rotatable bonds is 7. The van der Waals surface area contributed by atoms with Crippen molar-refractivity contribution in [1.29, 1.82) is 0 Å². The Morgan fingerprint density at radius 2 is 1.93 bits per heavy atom. The van der Waals surface area contributed by atoms with Crippen molar-refractivity contribution < 1.29 is 33.3 Å². The van der Waals surface area contributed by atoms with Crippen LogP contribution in [0.3, 0.4) is 0 Å². The van der Waals surface area contributed by atoms with Crippen LogP contribution in [-0.4, -0.2) is 48.8 Å². The van der Waals surface area contributed by atoms with Crippen LogP contribution in [-0.2, 0) is 44.0 Å². The molecule has 2 heterocycles. The van der Waals surface area contributed by atoms with Gasteiger partial charge in [0.25, 0.3) is 0 Å². The molecule has 9 heteroatoms. The fourth-order valence-electron chi connectivity index (χ4n) is 3.82. The molecular weight excluding hydrogens is 410 g/mol. The topological polar surface area (TPSA) is 100 Å². The second-order valence-corrected chi connectivity index (χ2v) is 9.54. The molecule has 0 amide bonds. The van der Waals surface area contributed by atoms with Gasteiger partial charge in [0.15, 0.2) is 0 Å². The van der Waals surface area contributed by atoms with E-state index in [-0.39, 0.29) is 24.4 Å². The normalized spacial score (nSPS) is 32.5. The molecule has 0 aromatic rings. The van der Waals surface area contributed by atoms with Crippen LogP contribution in [0.25, 0.3) is 0 Å². The molecule has 2 aliphatic rings. The zero-order valence-electron chi connectivity index (χ0n) is 18.3. The predicted molar refractivity (Wildman–Crippen MR) is 112 cm³/mol. The maximum atomic E-state index is 13.0. The first-order valence-electron chi connectivity index (χ1n) is 9.96. The average Bonchev–Trinajstić information content (AvgIpc) is 2.72. The largest absolute Gasteiger partial charge is 0.466 e. The van der Waals surface area contributed by atoms with E-state index in [1.54, 1.807) is 12.3 Å². The zero-order chi connectivity index (χ0) is 22.5. The smallest absolute Gasteiger partial charge is 0.350 e. The number of carbonyl (C=O) groups is 3. The van der Waals surface area contributed by atoms with E-state index in [9.17, 15) is 14.4 Å². The van der Waals surface area contributed by atoms with E-state index < -0.39 is 45.7 Å². The highest BCUT2D eigenvalue weighted by Crippen LogP contribution is 2.44. The second kappa shape index (κ2) is 10.3. The number of esters is 3. The van der Waals surface area contributed by atoms with Crippen LogP contribution in [0, 0.1) is 17.8 Å². The van der Waals surface area contributed by atoms with Crippen molar-refractivity contribution in [3.8, 4) is 0 Å². The molecule has 168 valence electrons. The Bertz CT molecular complexity index is 762. The standard InChI is InChI=1S/C21H31NO7S/c1-13-11-21(20(25)26-6,30-10-8-7-9-22-30)29-19(14(13)2)15(3)18(28-17(5)24)12-27-16(4)23/h7-10,13-15,18-19H,11-12H2,1-6H3/t13-,14-,15-,18-,19?,21+,30?/m1/s1. The molecule has 2 unspecified atom stereocenters. The van der Waals surface area contributed by atoms with E-state index >= 15 is 0 Å². The Morgan fingerprint density at radius 3 is 2.47 bits per heavy atom. The fourth-order valence-corrected chi connectivity index (χ4v) is 5.62.